The number of nitrogens with one attached hydrogen (secondary N) is 1. The van der Waals surface area contributed by atoms with Crippen LogP contribution in [-0.4, -0.2) is 62.7 Å². The second-order valence-corrected chi connectivity index (χ2v) is 6.58. The molecule has 0 bridgehead atoms. The molecule has 0 atom stereocenters. The fraction of sp³-hybridized carbons (Fsp3) is 0.450. The second kappa shape index (κ2) is 10.6. The van der Waals surface area contributed by atoms with Gasteiger partial charge in [0.1, 0.15) is 12.1 Å². The van der Waals surface area contributed by atoms with Crippen LogP contribution in [0, 0.1) is 0 Å². The zero-order chi connectivity index (χ0) is 19.6. The molecule has 0 spiro atoms. The third-order valence-electron chi connectivity index (χ3n) is 4.46. The molecule has 150 valence electrons. The molecule has 0 aliphatic rings. The normalized spacial score (nSPS) is 11.2. The summed E-state index contributed by atoms with van der Waals surface area (Å²) in [6.45, 7) is 5.68. The van der Waals surface area contributed by atoms with E-state index in [0.717, 1.165) is 55.5 Å². The zero-order valence-electron chi connectivity index (χ0n) is 16.3. The molecule has 3 aromatic rings. The van der Waals surface area contributed by atoms with Gasteiger partial charge in [-0.05, 0) is 37.6 Å². The Morgan fingerprint density at radius 2 is 2.07 bits per heavy atom. The summed E-state index contributed by atoms with van der Waals surface area (Å²) in [7, 11) is 0. The molecule has 3 rings (SSSR count). The maximum atomic E-state index is 9.18. The molecule has 0 saturated heterocycles. The molecule has 0 amide bonds. The van der Waals surface area contributed by atoms with Crippen molar-refractivity contribution in [1.82, 2.24) is 24.8 Å². The Hall–Kier alpha value is -2.71. The van der Waals surface area contributed by atoms with Gasteiger partial charge < -0.3 is 14.7 Å². The lowest BCUT2D eigenvalue weighted by Gasteiger charge is -2.20. The van der Waals surface area contributed by atoms with Crippen LogP contribution in [0.15, 0.2) is 43.0 Å². The molecule has 1 aromatic carbocycles. The van der Waals surface area contributed by atoms with E-state index in [9.17, 15) is 5.11 Å². The second-order valence-electron chi connectivity index (χ2n) is 6.58. The Balaban J connectivity index is 1.55. The highest BCUT2D eigenvalue weighted by molar-refractivity contribution is 5.89. The Morgan fingerprint density at radius 1 is 1.18 bits per heavy atom. The SMILES string of the molecule is CCCCN(CCO)CCCOc1ccc2c(Nn3cccn3)ncnc2c1. The number of nitrogens with zero attached hydrogens (tertiary/aromatic N) is 5. The van der Waals surface area contributed by atoms with Crippen molar-refractivity contribution in [2.75, 3.05) is 38.3 Å². The first-order chi connectivity index (χ1) is 13.8. The molecule has 0 aliphatic heterocycles. The smallest absolute Gasteiger partial charge is 0.157 e. The Labute approximate surface area is 165 Å². The van der Waals surface area contributed by atoms with E-state index in [0.29, 0.717) is 12.4 Å². The van der Waals surface area contributed by atoms with Gasteiger partial charge in [-0.2, -0.15) is 9.89 Å². The first-order valence-electron chi connectivity index (χ1n) is 9.77. The van der Waals surface area contributed by atoms with Crippen LogP contribution in [0.1, 0.15) is 26.2 Å². The van der Waals surface area contributed by atoms with Gasteiger partial charge in [-0.1, -0.05) is 13.3 Å². The lowest BCUT2D eigenvalue weighted by molar-refractivity contribution is 0.181. The number of anilines is 1. The number of fused-ring (bicyclic) bond motifs is 1. The molecule has 0 radical (unpaired) electrons. The van der Waals surface area contributed by atoms with Gasteiger partial charge in [0.05, 0.1) is 24.9 Å². The van der Waals surface area contributed by atoms with Crippen LogP contribution in [0.3, 0.4) is 0 Å². The van der Waals surface area contributed by atoms with Gasteiger partial charge in [-0.25, -0.2) is 9.97 Å². The summed E-state index contributed by atoms with van der Waals surface area (Å²) in [5.41, 5.74) is 3.94. The third kappa shape index (κ3) is 5.64. The van der Waals surface area contributed by atoms with Crippen molar-refractivity contribution in [2.45, 2.75) is 26.2 Å². The molecule has 28 heavy (non-hydrogen) atoms. The van der Waals surface area contributed by atoms with Gasteiger partial charge in [0, 0.05) is 30.7 Å². The van der Waals surface area contributed by atoms with Gasteiger partial charge in [0.2, 0.25) is 0 Å². The number of rotatable bonds is 12. The van der Waals surface area contributed by atoms with Crippen LogP contribution < -0.4 is 10.2 Å². The topological polar surface area (TPSA) is 88.3 Å². The molecule has 8 heteroatoms. The summed E-state index contributed by atoms with van der Waals surface area (Å²) in [5.74, 6) is 1.48. The van der Waals surface area contributed by atoms with Crippen molar-refractivity contribution < 1.29 is 9.84 Å². The lowest BCUT2D eigenvalue weighted by atomic mass is 10.2. The standard InChI is InChI=1S/C20H28N6O2/c1-2-3-9-25(12-13-27)10-5-14-28-17-6-7-18-19(15-17)21-16-22-20(18)24-26-11-4-8-23-26/h4,6-8,11,15-16,27H,2-3,5,9-10,12-14H2,1H3,(H,21,22,24). The monoisotopic (exact) mass is 384 g/mol. The third-order valence-corrected chi connectivity index (χ3v) is 4.46. The summed E-state index contributed by atoms with van der Waals surface area (Å²) < 4.78 is 5.91. The van der Waals surface area contributed by atoms with Crippen molar-refractivity contribution in [1.29, 1.82) is 0 Å². The predicted octanol–water partition coefficient (Wildman–Crippen LogP) is 2.56. The van der Waals surface area contributed by atoms with Gasteiger partial charge in [-0.15, -0.1) is 0 Å². The van der Waals surface area contributed by atoms with Gasteiger partial charge in [-0.3, -0.25) is 5.43 Å². The molecule has 0 aliphatic carbocycles. The molecule has 2 aromatic heterocycles. The molecule has 2 N–H and O–H groups in total. The van der Waals surface area contributed by atoms with E-state index in [1.807, 2.05) is 30.5 Å². The Morgan fingerprint density at radius 3 is 2.86 bits per heavy atom. The largest absolute Gasteiger partial charge is 0.493 e. The van der Waals surface area contributed by atoms with Crippen LogP contribution in [0.25, 0.3) is 10.9 Å². The van der Waals surface area contributed by atoms with Crippen LogP contribution >= 0.6 is 0 Å². The van der Waals surface area contributed by atoms with E-state index >= 15 is 0 Å². The molecule has 0 saturated carbocycles. The predicted molar refractivity (Wildman–Crippen MR) is 109 cm³/mol. The number of hydrogen-bond acceptors (Lipinski definition) is 7. The number of ether oxygens (including phenoxy) is 1. The van der Waals surface area contributed by atoms with E-state index in [2.05, 4.69) is 32.3 Å². The van der Waals surface area contributed by atoms with Gasteiger partial charge in [0.25, 0.3) is 0 Å². The maximum Gasteiger partial charge on any atom is 0.157 e. The van der Waals surface area contributed by atoms with Crippen LogP contribution in [-0.2, 0) is 0 Å². The lowest BCUT2D eigenvalue weighted by Crippen LogP contribution is -2.29. The molecule has 0 fully saturated rings. The van der Waals surface area contributed by atoms with Crippen molar-refractivity contribution in [3.05, 3.63) is 43.0 Å². The van der Waals surface area contributed by atoms with Crippen molar-refractivity contribution >= 4 is 16.7 Å². The highest BCUT2D eigenvalue weighted by atomic mass is 16.5. The van der Waals surface area contributed by atoms with E-state index in [-0.39, 0.29) is 6.61 Å². The summed E-state index contributed by atoms with van der Waals surface area (Å²) >= 11 is 0. The first kappa shape index (κ1) is 20.0. The fourth-order valence-corrected chi connectivity index (χ4v) is 3.00. The summed E-state index contributed by atoms with van der Waals surface area (Å²) in [6.07, 6.45) is 8.27. The van der Waals surface area contributed by atoms with Gasteiger partial charge in [0.15, 0.2) is 5.82 Å². The Bertz CT molecular complexity index is 840. The van der Waals surface area contributed by atoms with Crippen molar-refractivity contribution in [2.24, 2.45) is 0 Å². The zero-order valence-corrected chi connectivity index (χ0v) is 16.3. The highest BCUT2D eigenvalue weighted by Crippen LogP contribution is 2.24. The first-order valence-corrected chi connectivity index (χ1v) is 9.77. The fourth-order valence-electron chi connectivity index (χ4n) is 3.00. The van der Waals surface area contributed by atoms with E-state index in [4.69, 9.17) is 4.74 Å². The van der Waals surface area contributed by atoms with Crippen LogP contribution in [0.2, 0.25) is 0 Å². The highest BCUT2D eigenvalue weighted by Gasteiger charge is 2.07. The molecule has 0 unspecified atom stereocenters. The van der Waals surface area contributed by atoms with Gasteiger partial charge >= 0.3 is 0 Å². The van der Waals surface area contributed by atoms with Crippen molar-refractivity contribution in [3.63, 3.8) is 0 Å². The van der Waals surface area contributed by atoms with Crippen LogP contribution in [0.5, 0.6) is 5.75 Å². The summed E-state index contributed by atoms with van der Waals surface area (Å²) in [6, 6.07) is 7.65. The minimum atomic E-state index is 0.198. The minimum Gasteiger partial charge on any atom is -0.493 e. The molecule has 8 nitrogen and oxygen atoms in total. The molecular formula is C20H28N6O2. The average Bonchev–Trinajstić information content (AvgIpc) is 3.22. The number of aromatic nitrogens is 4. The molecule has 2 heterocycles. The minimum absolute atomic E-state index is 0.198. The Kier molecular flexibility index (Phi) is 7.57. The molecular weight excluding hydrogens is 356 g/mol. The average molecular weight is 384 g/mol. The van der Waals surface area contributed by atoms with Crippen molar-refractivity contribution in [3.8, 4) is 5.75 Å². The van der Waals surface area contributed by atoms with E-state index in [1.54, 1.807) is 11.0 Å². The number of aliphatic hydroxyl groups is 1. The van der Waals surface area contributed by atoms with Crippen LogP contribution in [0.4, 0.5) is 5.82 Å². The summed E-state index contributed by atoms with van der Waals surface area (Å²) in [4.78, 5) is 12.5. The number of unbranched alkanes of at least 4 members (excludes halogenated alkanes) is 1. The van der Waals surface area contributed by atoms with E-state index < -0.39 is 0 Å². The number of aliphatic hydroxyl groups excluding tert-OH is 1. The maximum absolute atomic E-state index is 9.18. The quantitative estimate of drug-likeness (QED) is 0.464. The number of benzene rings is 1. The summed E-state index contributed by atoms with van der Waals surface area (Å²) in [5, 5.41) is 14.2. The number of hydrogen-bond donors (Lipinski definition) is 2. The van der Waals surface area contributed by atoms with E-state index in [1.165, 1.54) is 6.33 Å².